The Labute approximate surface area is 84.0 Å². The van der Waals surface area contributed by atoms with Crippen molar-refractivity contribution in [2.24, 2.45) is 0 Å². The van der Waals surface area contributed by atoms with Crippen molar-refractivity contribution in [1.82, 2.24) is 0 Å². The molecule has 1 rings (SSSR count). The van der Waals surface area contributed by atoms with Gasteiger partial charge in [-0.15, -0.1) is 9.24 Å². The SMILES string of the molecule is CCCCc1ccc(C)c(C)c1P. The molecule has 1 aromatic carbocycles. The molecule has 0 bridgehead atoms. The fraction of sp³-hybridized carbons (Fsp3) is 0.500. The first-order valence-electron chi connectivity index (χ1n) is 5.01. The van der Waals surface area contributed by atoms with E-state index in [0.717, 1.165) is 0 Å². The highest BCUT2D eigenvalue weighted by atomic mass is 31.0. The van der Waals surface area contributed by atoms with Crippen LogP contribution >= 0.6 is 9.24 Å². The van der Waals surface area contributed by atoms with Crippen LogP contribution in [0.4, 0.5) is 0 Å². The molecule has 0 spiro atoms. The normalized spacial score (nSPS) is 10.5. The van der Waals surface area contributed by atoms with E-state index in [4.69, 9.17) is 0 Å². The standard InChI is InChI=1S/C12H19P/c1-4-5-6-11-8-7-9(2)10(3)12(11)13/h7-8H,4-6,13H2,1-3H3. The summed E-state index contributed by atoms with van der Waals surface area (Å²) >= 11 is 0. The topological polar surface area (TPSA) is 0 Å². The Morgan fingerprint density at radius 2 is 1.92 bits per heavy atom. The van der Waals surface area contributed by atoms with E-state index in [0.29, 0.717) is 0 Å². The van der Waals surface area contributed by atoms with E-state index in [2.05, 4.69) is 42.1 Å². The van der Waals surface area contributed by atoms with E-state index < -0.39 is 0 Å². The van der Waals surface area contributed by atoms with Crippen LogP contribution in [0.15, 0.2) is 12.1 Å². The first-order chi connectivity index (χ1) is 6.16. The van der Waals surface area contributed by atoms with E-state index in [9.17, 15) is 0 Å². The van der Waals surface area contributed by atoms with Crippen molar-refractivity contribution < 1.29 is 0 Å². The fourth-order valence-electron chi connectivity index (χ4n) is 1.48. The van der Waals surface area contributed by atoms with Crippen molar-refractivity contribution in [3.63, 3.8) is 0 Å². The minimum Gasteiger partial charge on any atom is -0.105 e. The highest BCUT2D eigenvalue weighted by Gasteiger charge is 2.02. The third-order valence-corrected chi connectivity index (χ3v) is 3.48. The molecule has 1 heteroatoms. The number of rotatable bonds is 3. The predicted molar refractivity (Wildman–Crippen MR) is 63.9 cm³/mol. The van der Waals surface area contributed by atoms with E-state index >= 15 is 0 Å². The molecule has 1 atom stereocenters. The van der Waals surface area contributed by atoms with Crippen molar-refractivity contribution in [3.05, 3.63) is 28.8 Å². The molecule has 0 saturated carbocycles. The van der Waals surface area contributed by atoms with Crippen LogP contribution in [0.5, 0.6) is 0 Å². The monoisotopic (exact) mass is 194 g/mol. The molecule has 72 valence electrons. The Morgan fingerprint density at radius 1 is 1.23 bits per heavy atom. The lowest BCUT2D eigenvalue weighted by molar-refractivity contribution is 0.797. The first kappa shape index (κ1) is 10.7. The molecular formula is C12H19P. The van der Waals surface area contributed by atoms with Crippen molar-refractivity contribution >= 4 is 14.5 Å². The summed E-state index contributed by atoms with van der Waals surface area (Å²) in [6, 6.07) is 4.49. The molecule has 1 aromatic rings. The van der Waals surface area contributed by atoms with Gasteiger partial charge in [0.15, 0.2) is 0 Å². The Kier molecular flexibility index (Phi) is 3.93. The summed E-state index contributed by atoms with van der Waals surface area (Å²) in [6.45, 7) is 6.61. The molecular weight excluding hydrogens is 175 g/mol. The molecule has 0 nitrogen and oxygen atoms in total. The van der Waals surface area contributed by atoms with Gasteiger partial charge in [0.05, 0.1) is 0 Å². The van der Waals surface area contributed by atoms with E-state index in [-0.39, 0.29) is 0 Å². The summed E-state index contributed by atoms with van der Waals surface area (Å²) in [4.78, 5) is 0. The van der Waals surface area contributed by atoms with Crippen LogP contribution in [0.25, 0.3) is 0 Å². The third-order valence-electron chi connectivity index (χ3n) is 2.68. The van der Waals surface area contributed by atoms with Crippen molar-refractivity contribution in [2.45, 2.75) is 40.0 Å². The van der Waals surface area contributed by atoms with Crippen LogP contribution in [0.1, 0.15) is 36.5 Å². The Hall–Kier alpha value is -0.350. The van der Waals surface area contributed by atoms with Gasteiger partial charge in [-0.1, -0.05) is 25.5 Å². The third kappa shape index (κ3) is 2.54. The van der Waals surface area contributed by atoms with E-state index in [1.807, 2.05) is 0 Å². The lowest BCUT2D eigenvalue weighted by atomic mass is 10.0. The average Bonchev–Trinajstić information content (AvgIpc) is 2.13. The highest BCUT2D eigenvalue weighted by Crippen LogP contribution is 2.12. The zero-order valence-corrected chi connectivity index (χ0v) is 10.0. The van der Waals surface area contributed by atoms with E-state index in [1.165, 1.54) is 41.3 Å². The second-order valence-electron chi connectivity index (χ2n) is 3.68. The molecule has 0 amide bonds. The number of unbranched alkanes of at least 4 members (excludes halogenated alkanes) is 1. The van der Waals surface area contributed by atoms with Gasteiger partial charge in [-0.05, 0) is 48.7 Å². The zero-order valence-electron chi connectivity index (χ0n) is 8.85. The largest absolute Gasteiger partial charge is 0.105 e. The second-order valence-corrected chi connectivity index (χ2v) is 4.26. The minimum atomic E-state index is 1.22. The summed E-state index contributed by atoms with van der Waals surface area (Å²) in [5, 5.41) is 1.41. The smallest absolute Gasteiger partial charge is 0.0239 e. The number of benzene rings is 1. The van der Waals surface area contributed by atoms with Gasteiger partial charge in [-0.2, -0.15) is 0 Å². The van der Waals surface area contributed by atoms with Crippen molar-refractivity contribution in [3.8, 4) is 0 Å². The van der Waals surface area contributed by atoms with Gasteiger partial charge in [0.25, 0.3) is 0 Å². The molecule has 0 heterocycles. The summed E-state index contributed by atoms with van der Waals surface area (Å²) in [7, 11) is 2.87. The van der Waals surface area contributed by atoms with Crippen LogP contribution < -0.4 is 5.30 Å². The van der Waals surface area contributed by atoms with Gasteiger partial charge in [0, 0.05) is 0 Å². The quantitative estimate of drug-likeness (QED) is 0.648. The maximum absolute atomic E-state index is 2.87. The van der Waals surface area contributed by atoms with Crippen LogP contribution in [0.3, 0.4) is 0 Å². The van der Waals surface area contributed by atoms with Crippen LogP contribution in [0, 0.1) is 13.8 Å². The molecule has 0 radical (unpaired) electrons. The van der Waals surface area contributed by atoms with Crippen LogP contribution in [0.2, 0.25) is 0 Å². The van der Waals surface area contributed by atoms with Gasteiger partial charge < -0.3 is 0 Å². The molecule has 0 saturated heterocycles. The molecule has 1 unspecified atom stereocenters. The summed E-state index contributed by atoms with van der Waals surface area (Å²) in [5.74, 6) is 0. The van der Waals surface area contributed by atoms with Gasteiger partial charge in [0.1, 0.15) is 0 Å². The van der Waals surface area contributed by atoms with Gasteiger partial charge in [0.2, 0.25) is 0 Å². The lowest BCUT2D eigenvalue weighted by Crippen LogP contribution is -2.07. The van der Waals surface area contributed by atoms with E-state index in [1.54, 1.807) is 0 Å². The minimum absolute atomic E-state index is 1.22. The molecule has 13 heavy (non-hydrogen) atoms. The van der Waals surface area contributed by atoms with Crippen molar-refractivity contribution in [1.29, 1.82) is 0 Å². The second kappa shape index (κ2) is 4.77. The fourth-order valence-corrected chi connectivity index (χ4v) is 1.95. The van der Waals surface area contributed by atoms with Gasteiger partial charge in [-0.25, -0.2) is 0 Å². The zero-order chi connectivity index (χ0) is 9.84. The molecule has 0 aliphatic rings. The van der Waals surface area contributed by atoms with Crippen LogP contribution in [-0.2, 0) is 6.42 Å². The molecule has 0 aliphatic carbocycles. The Balaban J connectivity index is 2.90. The molecule has 0 fully saturated rings. The Morgan fingerprint density at radius 3 is 2.54 bits per heavy atom. The number of hydrogen-bond donors (Lipinski definition) is 0. The maximum Gasteiger partial charge on any atom is -0.0239 e. The predicted octanol–water partition coefficient (Wildman–Crippen LogP) is 3.15. The van der Waals surface area contributed by atoms with Gasteiger partial charge >= 0.3 is 0 Å². The number of hydrogen-bond acceptors (Lipinski definition) is 0. The summed E-state index contributed by atoms with van der Waals surface area (Å²) in [5.41, 5.74) is 4.32. The first-order valence-corrected chi connectivity index (χ1v) is 5.59. The Bertz CT molecular complexity index is 289. The number of aryl methyl sites for hydroxylation is 2. The maximum atomic E-state index is 2.87. The van der Waals surface area contributed by atoms with Gasteiger partial charge in [-0.3, -0.25) is 0 Å². The highest BCUT2D eigenvalue weighted by molar-refractivity contribution is 7.27. The summed E-state index contributed by atoms with van der Waals surface area (Å²) < 4.78 is 0. The molecule has 0 N–H and O–H groups in total. The lowest BCUT2D eigenvalue weighted by Gasteiger charge is -2.10. The summed E-state index contributed by atoms with van der Waals surface area (Å²) in [6.07, 6.45) is 3.79. The molecule has 0 aliphatic heterocycles. The van der Waals surface area contributed by atoms with Crippen molar-refractivity contribution in [2.75, 3.05) is 0 Å². The van der Waals surface area contributed by atoms with Crippen LogP contribution in [-0.4, -0.2) is 0 Å². The molecule has 0 aromatic heterocycles. The average molecular weight is 194 g/mol.